The molecule has 0 unspecified atom stereocenters. The monoisotopic (exact) mass is 678 g/mol. The molecular weight excluding hydrogens is 617 g/mol. The fourth-order valence-electron chi connectivity index (χ4n) is 7.94. The lowest BCUT2D eigenvalue weighted by Crippen LogP contribution is -2.64. The summed E-state index contributed by atoms with van der Waals surface area (Å²) in [5.41, 5.74) is -0.348. The van der Waals surface area contributed by atoms with E-state index in [-0.39, 0.29) is 31.7 Å². The van der Waals surface area contributed by atoms with Gasteiger partial charge in [0.15, 0.2) is 0 Å². The Kier molecular flexibility index (Phi) is 16.4. The van der Waals surface area contributed by atoms with Gasteiger partial charge in [-0.2, -0.15) is 0 Å². The Bertz CT molecular complexity index is 631. The van der Waals surface area contributed by atoms with Crippen molar-refractivity contribution in [2.45, 2.75) is 106 Å². The van der Waals surface area contributed by atoms with Crippen LogP contribution in [0.2, 0.25) is 10.1 Å². The van der Waals surface area contributed by atoms with Gasteiger partial charge in [-0.15, -0.1) is 0 Å². The Hall–Kier alpha value is 1.59. The lowest BCUT2D eigenvalue weighted by molar-refractivity contribution is -0.00283. The van der Waals surface area contributed by atoms with Gasteiger partial charge >= 0.3 is 17.6 Å². The molecule has 0 radical (unpaired) electrons. The molecule has 0 heterocycles. The lowest BCUT2D eigenvalue weighted by atomic mass is 9.64. The van der Waals surface area contributed by atoms with E-state index in [1.54, 1.807) is 42.7 Å². The highest BCUT2D eigenvalue weighted by molar-refractivity contribution is 9.26. The van der Waals surface area contributed by atoms with Crippen molar-refractivity contribution < 1.29 is 26.6 Å². The molecule has 0 spiro atoms. The summed E-state index contributed by atoms with van der Waals surface area (Å²) >= 11 is 0. The van der Waals surface area contributed by atoms with Crippen LogP contribution < -0.4 is 0 Å². The van der Waals surface area contributed by atoms with Crippen molar-refractivity contribution in [2.24, 2.45) is 21.7 Å². The van der Waals surface area contributed by atoms with E-state index in [9.17, 15) is 0 Å². The minimum absolute atomic E-state index is 0.0870. The van der Waals surface area contributed by atoms with Crippen LogP contribution in [-0.2, 0) is 26.6 Å². The topological polar surface area (TPSA) is 55.4 Å². The molecule has 12 heteroatoms. The quantitative estimate of drug-likeness (QED) is 0.0844. The van der Waals surface area contributed by atoms with E-state index in [2.05, 4.69) is 83.1 Å². The predicted octanol–water partition coefficient (Wildman–Crippen LogP) is 9.87. The maximum Gasteiger partial charge on any atom is 0.507 e. The standard InChI is InChI=1S/C28H62O6S4Si2/c1-23(2,3)27(24(4,5)6,39(29-13,30-14)31-15)19-21-35-37-38-36-22-20-28(25(7,8)9,26(10,11)12)40(32-16,33-17)34-18/h19-22H2,1-18H3. The maximum absolute atomic E-state index is 6.15. The number of hydrogen-bond acceptors (Lipinski definition) is 10. The highest BCUT2D eigenvalue weighted by Crippen LogP contribution is 2.68. The SMILES string of the molecule is CO[Si](OC)(OC)C(CCSSSSCCC(C(C)(C)C)(C(C)(C)C)[Si](OC)(OC)OC)(C(C)(C)C)C(C)(C)C. The van der Waals surface area contributed by atoms with Crippen LogP contribution in [0.1, 0.15) is 95.9 Å². The molecule has 0 rings (SSSR count). The van der Waals surface area contributed by atoms with E-state index in [4.69, 9.17) is 26.6 Å². The first-order valence-electron chi connectivity index (χ1n) is 14.0. The molecule has 0 atom stereocenters. The van der Waals surface area contributed by atoms with Gasteiger partial charge in [0.2, 0.25) is 0 Å². The van der Waals surface area contributed by atoms with Gasteiger partial charge in [0, 0.05) is 54.2 Å². The Morgan fingerprint density at radius 3 is 0.750 bits per heavy atom. The van der Waals surface area contributed by atoms with E-state index in [0.29, 0.717) is 0 Å². The third-order valence-electron chi connectivity index (χ3n) is 9.02. The Morgan fingerprint density at radius 1 is 0.400 bits per heavy atom. The van der Waals surface area contributed by atoms with Gasteiger partial charge in [-0.05, 0) is 54.2 Å². The summed E-state index contributed by atoms with van der Waals surface area (Å²) in [5.74, 6) is 1.94. The molecule has 0 aromatic carbocycles. The second kappa shape index (κ2) is 15.7. The summed E-state index contributed by atoms with van der Waals surface area (Å²) < 4.78 is 36.9. The molecule has 0 fully saturated rings. The van der Waals surface area contributed by atoms with Gasteiger partial charge in [0.05, 0.1) is 10.1 Å². The van der Waals surface area contributed by atoms with Crippen LogP contribution in [-0.4, -0.2) is 71.8 Å². The molecule has 0 aliphatic heterocycles. The summed E-state index contributed by atoms with van der Waals surface area (Å²) in [6, 6.07) is 0. The molecule has 0 aliphatic carbocycles. The fourth-order valence-corrected chi connectivity index (χ4v) is 22.1. The minimum Gasteiger partial charge on any atom is -0.376 e. The molecule has 0 aliphatic rings. The zero-order valence-electron chi connectivity index (χ0n) is 28.9. The first-order chi connectivity index (χ1) is 18.1. The van der Waals surface area contributed by atoms with Crippen LogP contribution in [0.4, 0.5) is 0 Å². The maximum atomic E-state index is 6.15. The highest BCUT2D eigenvalue weighted by atomic mass is 33.7. The van der Waals surface area contributed by atoms with Gasteiger partial charge < -0.3 is 26.6 Å². The third-order valence-corrected chi connectivity index (χ3v) is 24.3. The molecule has 0 amide bonds. The summed E-state index contributed by atoms with van der Waals surface area (Å²) in [4.78, 5) is 0. The summed E-state index contributed by atoms with van der Waals surface area (Å²) in [6.07, 6.45) is 1.87. The smallest absolute Gasteiger partial charge is 0.376 e. The number of hydrogen-bond donors (Lipinski definition) is 0. The summed E-state index contributed by atoms with van der Waals surface area (Å²) in [6.45, 7) is 27.5. The molecule has 0 N–H and O–H groups in total. The first kappa shape index (κ1) is 41.6. The molecular formula is C28H62O6S4Si2. The molecule has 0 bridgehead atoms. The second-order valence-electron chi connectivity index (χ2n) is 14.4. The minimum atomic E-state index is -3.00. The lowest BCUT2D eigenvalue weighted by Gasteiger charge is -2.58. The van der Waals surface area contributed by atoms with Crippen LogP contribution in [0.5, 0.6) is 0 Å². The van der Waals surface area contributed by atoms with Crippen LogP contribution in [0.3, 0.4) is 0 Å². The molecule has 242 valence electrons. The molecule has 0 saturated carbocycles. The summed E-state index contributed by atoms with van der Waals surface area (Å²) in [5, 5.41) is -0.548. The van der Waals surface area contributed by atoms with Crippen molar-refractivity contribution in [3.8, 4) is 0 Å². The van der Waals surface area contributed by atoms with E-state index in [0.717, 1.165) is 24.3 Å². The summed E-state index contributed by atoms with van der Waals surface area (Å²) in [7, 11) is 11.9. The van der Waals surface area contributed by atoms with Crippen LogP contribution >= 0.6 is 41.2 Å². The second-order valence-corrected chi connectivity index (χ2v) is 27.0. The Labute approximate surface area is 265 Å². The molecule has 40 heavy (non-hydrogen) atoms. The van der Waals surface area contributed by atoms with Crippen molar-refractivity contribution in [3.63, 3.8) is 0 Å². The zero-order valence-corrected chi connectivity index (χ0v) is 34.2. The van der Waals surface area contributed by atoms with Crippen molar-refractivity contribution in [1.29, 1.82) is 0 Å². The van der Waals surface area contributed by atoms with Crippen molar-refractivity contribution in [2.75, 3.05) is 54.2 Å². The third kappa shape index (κ3) is 7.86. The zero-order chi connectivity index (χ0) is 31.9. The van der Waals surface area contributed by atoms with E-state index >= 15 is 0 Å². The average Bonchev–Trinajstić information content (AvgIpc) is 2.82. The van der Waals surface area contributed by atoms with Crippen LogP contribution in [0.25, 0.3) is 0 Å². The Morgan fingerprint density at radius 2 is 0.600 bits per heavy atom. The molecule has 0 aromatic rings. The largest absolute Gasteiger partial charge is 0.507 e. The number of rotatable bonds is 17. The van der Waals surface area contributed by atoms with Crippen molar-refractivity contribution in [1.82, 2.24) is 0 Å². The normalized spacial score (nSPS) is 15.2. The molecule has 0 saturated heterocycles. The van der Waals surface area contributed by atoms with Crippen molar-refractivity contribution >= 4 is 58.8 Å². The fraction of sp³-hybridized carbons (Fsp3) is 1.00. The Balaban J connectivity index is 5.64. The van der Waals surface area contributed by atoms with Crippen LogP contribution in [0.15, 0.2) is 0 Å². The predicted molar refractivity (Wildman–Crippen MR) is 186 cm³/mol. The van der Waals surface area contributed by atoms with Gasteiger partial charge in [-0.3, -0.25) is 0 Å². The van der Waals surface area contributed by atoms with Gasteiger partial charge in [0.1, 0.15) is 0 Å². The van der Waals surface area contributed by atoms with Crippen molar-refractivity contribution in [3.05, 3.63) is 0 Å². The van der Waals surface area contributed by atoms with Gasteiger partial charge in [-0.1, -0.05) is 105 Å². The van der Waals surface area contributed by atoms with Crippen LogP contribution in [0, 0.1) is 21.7 Å². The van der Waals surface area contributed by atoms with Gasteiger partial charge in [-0.25, -0.2) is 0 Å². The first-order valence-corrected chi connectivity index (χ1v) is 22.6. The molecule has 0 aromatic heterocycles. The molecule has 6 nitrogen and oxygen atoms in total. The average molecular weight is 679 g/mol. The highest BCUT2D eigenvalue weighted by Gasteiger charge is 2.70. The van der Waals surface area contributed by atoms with E-state index in [1.807, 2.05) is 41.2 Å². The van der Waals surface area contributed by atoms with Gasteiger partial charge in [0.25, 0.3) is 0 Å². The van der Waals surface area contributed by atoms with E-state index in [1.165, 1.54) is 0 Å². The van der Waals surface area contributed by atoms with E-state index < -0.39 is 17.6 Å².